The molecule has 0 aromatic heterocycles. The number of carbonyl (C=O) groups excluding carboxylic acids is 2. The maximum absolute atomic E-state index is 11.4. The fourth-order valence-electron chi connectivity index (χ4n) is 2.05. The Morgan fingerprint density at radius 1 is 0.800 bits per heavy atom. The molecule has 0 radical (unpaired) electrons. The molecule has 0 unspecified atom stereocenters. The van der Waals surface area contributed by atoms with Gasteiger partial charge in [0, 0.05) is 6.42 Å². The molecule has 0 N–H and O–H groups in total. The maximum Gasteiger partial charge on any atom is 0.327 e. The lowest BCUT2D eigenvalue weighted by atomic mass is 10.1. The zero-order valence-corrected chi connectivity index (χ0v) is 13.5. The van der Waals surface area contributed by atoms with Crippen LogP contribution in [0.5, 0.6) is 0 Å². The number of ether oxygens (including phenoxy) is 1. The first kappa shape index (κ1) is 19.1. The first-order valence-electron chi connectivity index (χ1n) is 7.94. The van der Waals surface area contributed by atoms with Crippen molar-refractivity contribution in [3.8, 4) is 0 Å². The van der Waals surface area contributed by atoms with Crippen LogP contribution in [0.1, 0.15) is 71.1 Å². The number of likely N-dealkylation sites (N-methyl/N-ethyl adjacent to an activating group) is 1. The predicted molar refractivity (Wildman–Crippen MR) is 81.5 cm³/mol. The zero-order valence-electron chi connectivity index (χ0n) is 13.5. The summed E-state index contributed by atoms with van der Waals surface area (Å²) in [5, 5.41) is 0. The largest absolute Gasteiger partial charge is 0.392 e. The Balaban J connectivity index is 3.33. The van der Waals surface area contributed by atoms with Crippen molar-refractivity contribution >= 4 is 11.9 Å². The van der Waals surface area contributed by atoms with Crippen molar-refractivity contribution in [3.63, 3.8) is 0 Å². The average molecular weight is 285 g/mol. The lowest BCUT2D eigenvalue weighted by Gasteiger charge is -2.08. The van der Waals surface area contributed by atoms with Crippen LogP contribution in [0.4, 0.5) is 0 Å². The van der Waals surface area contributed by atoms with Gasteiger partial charge in [-0.1, -0.05) is 58.3 Å². The molecule has 0 bridgehead atoms. The Kier molecular flexibility index (Phi) is 12.5. The van der Waals surface area contributed by atoms with Crippen LogP contribution in [0.2, 0.25) is 0 Å². The maximum atomic E-state index is 11.4. The molecular formula is C16H31NO3. The smallest absolute Gasteiger partial charge is 0.327 e. The lowest BCUT2D eigenvalue weighted by Crippen LogP contribution is -2.25. The molecule has 0 fully saturated rings. The van der Waals surface area contributed by atoms with E-state index in [1.807, 2.05) is 0 Å². The monoisotopic (exact) mass is 285 g/mol. The number of rotatable bonds is 12. The summed E-state index contributed by atoms with van der Waals surface area (Å²) >= 11 is 0. The van der Waals surface area contributed by atoms with Gasteiger partial charge >= 0.3 is 11.9 Å². The Labute approximate surface area is 123 Å². The van der Waals surface area contributed by atoms with Crippen LogP contribution in [0.15, 0.2) is 0 Å². The van der Waals surface area contributed by atoms with E-state index in [0.717, 1.165) is 12.8 Å². The third-order valence-corrected chi connectivity index (χ3v) is 3.16. The van der Waals surface area contributed by atoms with Crippen molar-refractivity contribution in [2.24, 2.45) is 0 Å². The summed E-state index contributed by atoms with van der Waals surface area (Å²) in [5.74, 6) is -0.851. The van der Waals surface area contributed by atoms with E-state index < -0.39 is 5.97 Å². The second kappa shape index (κ2) is 13.1. The predicted octanol–water partition coefficient (Wildman–Crippen LogP) is 3.54. The van der Waals surface area contributed by atoms with Crippen molar-refractivity contribution in [1.82, 2.24) is 4.90 Å². The summed E-state index contributed by atoms with van der Waals surface area (Å²) in [5.41, 5.74) is 0. The van der Waals surface area contributed by atoms with Gasteiger partial charge in [-0.3, -0.25) is 14.5 Å². The van der Waals surface area contributed by atoms with Gasteiger partial charge in [-0.05, 0) is 20.5 Å². The molecule has 4 nitrogen and oxygen atoms in total. The van der Waals surface area contributed by atoms with E-state index in [0.29, 0.717) is 6.42 Å². The highest BCUT2D eigenvalue weighted by atomic mass is 16.6. The minimum atomic E-state index is -0.462. The molecule has 0 aliphatic rings. The number of esters is 2. The standard InChI is InChI=1S/C16H31NO3/c1-4-5-6-7-8-9-10-11-12-13-15(18)20-16(19)14-17(2)3/h4-14H2,1-3H3. The zero-order chi connectivity index (χ0) is 15.2. The van der Waals surface area contributed by atoms with E-state index >= 15 is 0 Å². The van der Waals surface area contributed by atoms with Crippen LogP contribution in [-0.2, 0) is 14.3 Å². The van der Waals surface area contributed by atoms with Gasteiger partial charge in [-0.2, -0.15) is 0 Å². The van der Waals surface area contributed by atoms with E-state index in [9.17, 15) is 9.59 Å². The minimum absolute atomic E-state index is 0.156. The van der Waals surface area contributed by atoms with Crippen LogP contribution >= 0.6 is 0 Å². The number of hydrogen-bond donors (Lipinski definition) is 0. The second-order valence-electron chi connectivity index (χ2n) is 5.66. The fraction of sp³-hybridized carbons (Fsp3) is 0.875. The van der Waals surface area contributed by atoms with Crippen molar-refractivity contribution < 1.29 is 14.3 Å². The van der Waals surface area contributed by atoms with E-state index in [4.69, 9.17) is 4.74 Å². The Morgan fingerprint density at radius 2 is 1.30 bits per heavy atom. The highest BCUT2D eigenvalue weighted by molar-refractivity contribution is 5.86. The molecule has 20 heavy (non-hydrogen) atoms. The molecule has 0 saturated heterocycles. The molecule has 0 rings (SSSR count). The number of hydrogen-bond acceptors (Lipinski definition) is 4. The van der Waals surface area contributed by atoms with Gasteiger partial charge in [-0.25, -0.2) is 0 Å². The van der Waals surface area contributed by atoms with Crippen LogP contribution < -0.4 is 0 Å². The van der Waals surface area contributed by atoms with Gasteiger partial charge in [0.05, 0.1) is 6.54 Å². The molecule has 0 amide bonds. The molecule has 0 aliphatic carbocycles. The van der Waals surface area contributed by atoms with Crippen molar-refractivity contribution in [2.75, 3.05) is 20.6 Å². The molecule has 0 aromatic rings. The van der Waals surface area contributed by atoms with Crippen molar-refractivity contribution in [1.29, 1.82) is 0 Å². The molecule has 0 atom stereocenters. The Hall–Kier alpha value is -0.900. The molecule has 0 aliphatic heterocycles. The van der Waals surface area contributed by atoms with Gasteiger partial charge in [0.2, 0.25) is 0 Å². The van der Waals surface area contributed by atoms with Crippen LogP contribution in [0.3, 0.4) is 0 Å². The summed E-state index contributed by atoms with van der Waals surface area (Å²) in [6, 6.07) is 0. The van der Waals surface area contributed by atoms with Crippen molar-refractivity contribution in [3.05, 3.63) is 0 Å². The quantitative estimate of drug-likeness (QED) is 0.312. The first-order chi connectivity index (χ1) is 9.56. The molecule has 0 aromatic carbocycles. The Morgan fingerprint density at radius 3 is 1.80 bits per heavy atom. The molecule has 0 heterocycles. The first-order valence-corrected chi connectivity index (χ1v) is 7.94. The van der Waals surface area contributed by atoms with Crippen LogP contribution in [0.25, 0.3) is 0 Å². The van der Waals surface area contributed by atoms with Crippen molar-refractivity contribution in [2.45, 2.75) is 71.1 Å². The minimum Gasteiger partial charge on any atom is -0.392 e. The van der Waals surface area contributed by atoms with Gasteiger partial charge in [-0.15, -0.1) is 0 Å². The summed E-state index contributed by atoms with van der Waals surface area (Å²) in [7, 11) is 3.54. The molecule has 0 spiro atoms. The normalized spacial score (nSPS) is 10.8. The Bertz CT molecular complexity index is 264. The second-order valence-corrected chi connectivity index (χ2v) is 5.66. The average Bonchev–Trinajstić information content (AvgIpc) is 2.35. The lowest BCUT2D eigenvalue weighted by molar-refractivity contribution is -0.160. The number of carbonyl (C=O) groups is 2. The van der Waals surface area contributed by atoms with Gasteiger partial charge in [0.25, 0.3) is 0 Å². The summed E-state index contributed by atoms with van der Waals surface area (Å²) in [6.07, 6.45) is 11.2. The molecular weight excluding hydrogens is 254 g/mol. The molecule has 118 valence electrons. The highest BCUT2D eigenvalue weighted by Gasteiger charge is 2.10. The number of unbranched alkanes of at least 4 members (excludes halogenated alkanes) is 8. The fourth-order valence-corrected chi connectivity index (χ4v) is 2.05. The summed E-state index contributed by atoms with van der Waals surface area (Å²) in [4.78, 5) is 24.3. The summed E-state index contributed by atoms with van der Waals surface area (Å²) in [6.45, 7) is 2.38. The third kappa shape index (κ3) is 13.5. The van der Waals surface area contributed by atoms with Crippen LogP contribution in [-0.4, -0.2) is 37.5 Å². The van der Waals surface area contributed by atoms with Crippen LogP contribution in [0, 0.1) is 0 Å². The van der Waals surface area contributed by atoms with E-state index in [1.54, 1.807) is 19.0 Å². The van der Waals surface area contributed by atoms with Gasteiger partial charge in [0.1, 0.15) is 0 Å². The van der Waals surface area contributed by atoms with E-state index in [2.05, 4.69) is 6.92 Å². The molecule has 0 saturated carbocycles. The van der Waals surface area contributed by atoms with Gasteiger partial charge < -0.3 is 4.74 Å². The third-order valence-electron chi connectivity index (χ3n) is 3.16. The summed E-state index contributed by atoms with van der Waals surface area (Å²) < 4.78 is 4.71. The number of nitrogens with zero attached hydrogens (tertiary/aromatic N) is 1. The van der Waals surface area contributed by atoms with E-state index in [1.165, 1.54) is 44.9 Å². The topological polar surface area (TPSA) is 46.6 Å². The SMILES string of the molecule is CCCCCCCCCCCC(=O)OC(=O)CN(C)C. The highest BCUT2D eigenvalue weighted by Crippen LogP contribution is 2.10. The molecule has 4 heteroatoms. The van der Waals surface area contributed by atoms with E-state index in [-0.39, 0.29) is 12.5 Å². The van der Waals surface area contributed by atoms with Gasteiger partial charge in [0.15, 0.2) is 0 Å².